The van der Waals surface area contributed by atoms with Crippen molar-refractivity contribution in [3.05, 3.63) is 59.2 Å². The van der Waals surface area contributed by atoms with Crippen molar-refractivity contribution >= 4 is 11.4 Å². The second-order valence-electron chi connectivity index (χ2n) is 5.18. The van der Waals surface area contributed by atoms with Gasteiger partial charge in [0.15, 0.2) is 6.61 Å². The van der Waals surface area contributed by atoms with Gasteiger partial charge in [0.1, 0.15) is 24.2 Å². The van der Waals surface area contributed by atoms with Crippen molar-refractivity contribution in [3.8, 4) is 11.8 Å². The fourth-order valence-corrected chi connectivity index (χ4v) is 1.97. The molecule has 0 atom stereocenters. The summed E-state index contributed by atoms with van der Waals surface area (Å²) in [5.41, 5.74) is 4.47. The van der Waals surface area contributed by atoms with Crippen LogP contribution in [0.3, 0.4) is 0 Å². The molecule has 0 saturated heterocycles. The van der Waals surface area contributed by atoms with E-state index in [2.05, 4.69) is 32.1 Å². The van der Waals surface area contributed by atoms with E-state index in [1.807, 2.05) is 57.2 Å². The quantitative estimate of drug-likeness (QED) is 0.364. The number of hydrogen-bond donors (Lipinski definition) is 0. The van der Waals surface area contributed by atoms with Gasteiger partial charge in [-0.2, -0.15) is 0 Å². The zero-order valence-electron chi connectivity index (χ0n) is 14.8. The molecule has 6 heteroatoms. The largest absolute Gasteiger partial charge is 0.399 e. The predicted octanol–water partition coefficient (Wildman–Crippen LogP) is 2.95. The number of oxime groups is 2. The standard InChI is InChI=1S/C19H20N4O2/c1-14-8-5-11-18(20-14)16(3)23-25-13-7-10-17-9-6-12-19(21-17)15(2)22-24-4/h5-6,8-9,11-12H,13H2,1-4H3/b22-15+,23-16+. The van der Waals surface area contributed by atoms with Gasteiger partial charge in [0.25, 0.3) is 0 Å². The molecular formula is C19H20N4O2. The molecule has 0 aliphatic heterocycles. The maximum Gasteiger partial charge on any atom is 0.177 e. The van der Waals surface area contributed by atoms with Gasteiger partial charge >= 0.3 is 0 Å². The second-order valence-corrected chi connectivity index (χ2v) is 5.18. The van der Waals surface area contributed by atoms with Crippen molar-refractivity contribution in [2.45, 2.75) is 20.8 Å². The van der Waals surface area contributed by atoms with Crippen LogP contribution in [0.25, 0.3) is 0 Å². The van der Waals surface area contributed by atoms with Crippen molar-refractivity contribution in [2.24, 2.45) is 10.3 Å². The van der Waals surface area contributed by atoms with E-state index in [0.717, 1.165) is 11.4 Å². The highest BCUT2D eigenvalue weighted by molar-refractivity contribution is 5.97. The summed E-state index contributed by atoms with van der Waals surface area (Å²) in [4.78, 5) is 18.8. The van der Waals surface area contributed by atoms with Crippen LogP contribution < -0.4 is 0 Å². The Balaban J connectivity index is 1.96. The Morgan fingerprint density at radius 2 is 1.68 bits per heavy atom. The Hall–Kier alpha value is -3.20. The Labute approximate surface area is 147 Å². The van der Waals surface area contributed by atoms with Crippen molar-refractivity contribution in [2.75, 3.05) is 13.7 Å². The van der Waals surface area contributed by atoms with Gasteiger partial charge in [-0.3, -0.25) is 4.98 Å². The monoisotopic (exact) mass is 336 g/mol. The first-order valence-electron chi connectivity index (χ1n) is 7.75. The predicted molar refractivity (Wildman–Crippen MR) is 97.5 cm³/mol. The average Bonchev–Trinajstić information content (AvgIpc) is 2.61. The Kier molecular flexibility index (Phi) is 6.66. The first-order chi connectivity index (χ1) is 12.1. The van der Waals surface area contributed by atoms with Crippen LogP contribution in [0, 0.1) is 18.8 Å². The van der Waals surface area contributed by atoms with E-state index < -0.39 is 0 Å². The number of nitrogens with zero attached hydrogens (tertiary/aromatic N) is 4. The topological polar surface area (TPSA) is 69.0 Å². The summed E-state index contributed by atoms with van der Waals surface area (Å²) in [6.45, 7) is 5.77. The zero-order chi connectivity index (χ0) is 18.1. The van der Waals surface area contributed by atoms with Gasteiger partial charge in [-0.05, 0) is 51.0 Å². The molecule has 0 saturated carbocycles. The minimum absolute atomic E-state index is 0.167. The lowest BCUT2D eigenvalue weighted by Gasteiger charge is -2.00. The third-order valence-corrected chi connectivity index (χ3v) is 3.16. The molecule has 128 valence electrons. The SMILES string of the molecule is CO/N=C(\C)c1cccc(C#CCO/N=C(\C)c2cccc(C)n2)n1. The normalized spacial score (nSPS) is 11.5. The first kappa shape index (κ1) is 18.1. The molecule has 2 aromatic rings. The maximum atomic E-state index is 5.23. The van der Waals surface area contributed by atoms with Crippen LogP contribution in [0.4, 0.5) is 0 Å². The molecule has 0 aromatic carbocycles. The molecule has 0 N–H and O–H groups in total. The van der Waals surface area contributed by atoms with Gasteiger partial charge < -0.3 is 9.68 Å². The van der Waals surface area contributed by atoms with E-state index in [9.17, 15) is 0 Å². The number of aryl methyl sites for hydroxylation is 1. The van der Waals surface area contributed by atoms with E-state index in [-0.39, 0.29) is 6.61 Å². The van der Waals surface area contributed by atoms with Crippen molar-refractivity contribution in [1.29, 1.82) is 0 Å². The molecule has 0 unspecified atom stereocenters. The van der Waals surface area contributed by atoms with E-state index in [1.165, 1.54) is 7.11 Å². The van der Waals surface area contributed by atoms with Gasteiger partial charge in [0.05, 0.1) is 11.4 Å². The molecule has 25 heavy (non-hydrogen) atoms. The number of pyridine rings is 2. The summed E-state index contributed by atoms with van der Waals surface area (Å²) in [6, 6.07) is 11.3. The molecule has 0 bridgehead atoms. The summed E-state index contributed by atoms with van der Waals surface area (Å²) in [7, 11) is 1.50. The second kappa shape index (κ2) is 9.18. The molecule has 0 fully saturated rings. The minimum atomic E-state index is 0.167. The third kappa shape index (κ3) is 5.74. The number of rotatable bonds is 5. The van der Waals surface area contributed by atoms with Gasteiger partial charge in [-0.1, -0.05) is 28.4 Å². The van der Waals surface area contributed by atoms with E-state index in [1.54, 1.807) is 0 Å². The van der Waals surface area contributed by atoms with Gasteiger partial charge in [0, 0.05) is 5.69 Å². The van der Waals surface area contributed by atoms with E-state index in [4.69, 9.17) is 9.68 Å². The fraction of sp³-hybridized carbons (Fsp3) is 0.263. The molecule has 2 rings (SSSR count). The van der Waals surface area contributed by atoms with Crippen molar-refractivity contribution in [3.63, 3.8) is 0 Å². The highest BCUT2D eigenvalue weighted by Gasteiger charge is 2.00. The Morgan fingerprint density at radius 3 is 2.40 bits per heavy atom. The van der Waals surface area contributed by atoms with Crippen LogP contribution in [0.1, 0.15) is 36.6 Å². The summed E-state index contributed by atoms with van der Waals surface area (Å²) in [5.74, 6) is 5.82. The molecule has 2 heterocycles. The lowest BCUT2D eigenvalue weighted by atomic mass is 10.2. The average molecular weight is 336 g/mol. The van der Waals surface area contributed by atoms with Crippen LogP contribution in [0.2, 0.25) is 0 Å². The van der Waals surface area contributed by atoms with Crippen molar-refractivity contribution in [1.82, 2.24) is 9.97 Å². The van der Waals surface area contributed by atoms with E-state index >= 15 is 0 Å². The summed E-state index contributed by atoms with van der Waals surface area (Å²) < 4.78 is 0. The fourth-order valence-electron chi connectivity index (χ4n) is 1.97. The number of hydrogen-bond acceptors (Lipinski definition) is 6. The van der Waals surface area contributed by atoms with Crippen LogP contribution in [0.15, 0.2) is 46.7 Å². The highest BCUT2D eigenvalue weighted by Crippen LogP contribution is 2.02. The van der Waals surface area contributed by atoms with Crippen LogP contribution in [0.5, 0.6) is 0 Å². The van der Waals surface area contributed by atoms with Gasteiger partial charge in [-0.25, -0.2) is 4.98 Å². The Morgan fingerprint density at radius 1 is 1.00 bits per heavy atom. The molecule has 0 aliphatic rings. The third-order valence-electron chi connectivity index (χ3n) is 3.16. The molecule has 6 nitrogen and oxygen atoms in total. The van der Waals surface area contributed by atoms with Crippen LogP contribution in [-0.4, -0.2) is 35.1 Å². The maximum absolute atomic E-state index is 5.23. The first-order valence-corrected chi connectivity index (χ1v) is 7.75. The molecule has 2 aromatic heterocycles. The highest BCUT2D eigenvalue weighted by atomic mass is 16.6. The van der Waals surface area contributed by atoms with E-state index in [0.29, 0.717) is 22.8 Å². The van der Waals surface area contributed by atoms with Gasteiger partial charge in [-0.15, -0.1) is 0 Å². The molecule has 0 spiro atoms. The molecule has 0 amide bonds. The lowest BCUT2D eigenvalue weighted by Crippen LogP contribution is -2.01. The van der Waals surface area contributed by atoms with Crippen LogP contribution >= 0.6 is 0 Å². The smallest absolute Gasteiger partial charge is 0.177 e. The number of aromatic nitrogens is 2. The molecular weight excluding hydrogens is 316 g/mol. The Bertz CT molecular complexity index is 848. The van der Waals surface area contributed by atoms with Crippen LogP contribution in [-0.2, 0) is 9.68 Å². The van der Waals surface area contributed by atoms with Gasteiger partial charge in [0.2, 0.25) is 0 Å². The molecule has 0 radical (unpaired) electrons. The zero-order valence-corrected chi connectivity index (χ0v) is 14.8. The lowest BCUT2D eigenvalue weighted by molar-refractivity contribution is 0.179. The summed E-state index contributed by atoms with van der Waals surface area (Å²) in [5, 5.41) is 7.89. The molecule has 0 aliphatic carbocycles. The minimum Gasteiger partial charge on any atom is -0.399 e. The summed E-state index contributed by atoms with van der Waals surface area (Å²) in [6.07, 6.45) is 0. The summed E-state index contributed by atoms with van der Waals surface area (Å²) >= 11 is 0. The van der Waals surface area contributed by atoms with Crippen molar-refractivity contribution < 1.29 is 9.68 Å².